The molecule has 34 heavy (non-hydrogen) atoms. The number of amides is 2. The summed E-state index contributed by atoms with van der Waals surface area (Å²) in [7, 11) is 0. The number of fused-ring (bicyclic) bond motifs is 2. The molecule has 1 saturated carbocycles. The van der Waals surface area contributed by atoms with Crippen LogP contribution in [0.5, 0.6) is 0 Å². The van der Waals surface area contributed by atoms with Gasteiger partial charge in [-0.3, -0.25) is 14.5 Å². The maximum atomic E-state index is 12.8. The van der Waals surface area contributed by atoms with Gasteiger partial charge in [-0.05, 0) is 62.2 Å². The van der Waals surface area contributed by atoms with Crippen molar-refractivity contribution in [3.8, 4) is 0 Å². The zero-order chi connectivity index (χ0) is 24.3. The zero-order valence-corrected chi connectivity index (χ0v) is 20.7. The number of hydrogen-bond acceptors (Lipinski definition) is 5. The molecule has 2 aliphatic heterocycles. The third-order valence-corrected chi connectivity index (χ3v) is 9.08. The second kappa shape index (κ2) is 10.9. The van der Waals surface area contributed by atoms with E-state index in [4.69, 9.17) is 5.73 Å². The summed E-state index contributed by atoms with van der Waals surface area (Å²) in [4.78, 5) is 29.0. The highest BCUT2D eigenvalue weighted by Crippen LogP contribution is 2.49. The smallest absolute Gasteiger partial charge is 0.253 e. The minimum Gasteiger partial charge on any atom is -0.393 e. The van der Waals surface area contributed by atoms with Crippen LogP contribution in [0.15, 0.2) is 23.8 Å². The van der Waals surface area contributed by atoms with Crippen LogP contribution in [0.25, 0.3) is 0 Å². The molecule has 0 aromatic heterocycles. The Balaban J connectivity index is 1.37. The first-order chi connectivity index (χ1) is 16.3. The van der Waals surface area contributed by atoms with Crippen LogP contribution in [-0.4, -0.2) is 76.3 Å². The highest BCUT2D eigenvalue weighted by atomic mass is 16.3. The van der Waals surface area contributed by atoms with Crippen LogP contribution < -0.4 is 5.73 Å². The Morgan fingerprint density at radius 2 is 1.85 bits per heavy atom. The van der Waals surface area contributed by atoms with Crippen molar-refractivity contribution in [1.29, 1.82) is 0 Å². The molecule has 2 aliphatic carbocycles. The second-order valence-corrected chi connectivity index (χ2v) is 11.4. The van der Waals surface area contributed by atoms with Gasteiger partial charge in [0, 0.05) is 37.3 Å². The van der Waals surface area contributed by atoms with Crippen molar-refractivity contribution in [3.05, 3.63) is 23.8 Å². The van der Waals surface area contributed by atoms with Crippen LogP contribution in [0.1, 0.15) is 71.1 Å². The third kappa shape index (κ3) is 5.58. The first-order valence-electron chi connectivity index (χ1n) is 13.3. The van der Waals surface area contributed by atoms with Crippen LogP contribution in [-0.2, 0) is 9.59 Å². The van der Waals surface area contributed by atoms with Gasteiger partial charge in [-0.2, -0.15) is 0 Å². The molecule has 4 rings (SSSR count). The van der Waals surface area contributed by atoms with Gasteiger partial charge in [0.15, 0.2) is 6.10 Å². The number of rotatable bonds is 9. The van der Waals surface area contributed by atoms with Gasteiger partial charge >= 0.3 is 0 Å². The number of carbonyl (C=O) groups is 2. The molecule has 2 heterocycles. The zero-order valence-electron chi connectivity index (χ0n) is 20.7. The number of nitrogens with zero attached hydrogens (tertiary/aromatic N) is 2. The molecule has 2 unspecified atom stereocenters. The number of allylic oxidation sites excluding steroid dienone is 3. The Bertz CT molecular complexity index is 792. The minimum atomic E-state index is -1.32. The highest BCUT2D eigenvalue weighted by molar-refractivity contribution is 5.92. The summed E-state index contributed by atoms with van der Waals surface area (Å²) < 4.78 is 0. The van der Waals surface area contributed by atoms with Gasteiger partial charge in [-0.15, -0.1) is 0 Å². The Morgan fingerprint density at radius 1 is 1.18 bits per heavy atom. The molecule has 2 amide bonds. The molecule has 190 valence electrons. The SMILES string of the molecule is CC1(C2C[C@H]3CC[C@@H](C2)N3CCN(CC2CCCCC2)C(=O)[C@@H](O)CO)C=CC=C(C(N)=O)C1. The summed E-state index contributed by atoms with van der Waals surface area (Å²) in [6.07, 6.45) is 16.0. The molecule has 4 aliphatic rings. The topological polar surface area (TPSA) is 107 Å². The van der Waals surface area contributed by atoms with E-state index in [2.05, 4.69) is 17.9 Å². The van der Waals surface area contributed by atoms with Crippen LogP contribution in [0.3, 0.4) is 0 Å². The van der Waals surface area contributed by atoms with Crippen molar-refractivity contribution in [2.24, 2.45) is 23.0 Å². The van der Waals surface area contributed by atoms with Crippen molar-refractivity contribution in [1.82, 2.24) is 9.80 Å². The van der Waals surface area contributed by atoms with E-state index < -0.39 is 12.7 Å². The molecule has 2 saturated heterocycles. The minimum absolute atomic E-state index is 0.0414. The molecule has 2 bridgehead atoms. The second-order valence-electron chi connectivity index (χ2n) is 11.4. The van der Waals surface area contributed by atoms with Crippen LogP contribution in [0.4, 0.5) is 0 Å². The molecule has 0 spiro atoms. The lowest BCUT2D eigenvalue weighted by molar-refractivity contribution is -0.143. The normalized spacial score (nSPS) is 32.9. The fraction of sp³-hybridized carbons (Fsp3) is 0.778. The van der Waals surface area contributed by atoms with Gasteiger partial charge in [0.1, 0.15) is 0 Å². The molecular weight excluding hydrogens is 430 g/mol. The predicted octanol–water partition coefficient (Wildman–Crippen LogP) is 2.37. The largest absolute Gasteiger partial charge is 0.393 e. The molecule has 7 heteroatoms. The van der Waals surface area contributed by atoms with Gasteiger partial charge in [0.2, 0.25) is 5.91 Å². The van der Waals surface area contributed by atoms with Gasteiger partial charge in [0.05, 0.1) is 6.61 Å². The molecule has 0 radical (unpaired) electrons. The Morgan fingerprint density at radius 3 is 2.47 bits per heavy atom. The third-order valence-electron chi connectivity index (χ3n) is 9.08. The maximum Gasteiger partial charge on any atom is 0.253 e. The fourth-order valence-electron chi connectivity index (χ4n) is 7.04. The lowest BCUT2D eigenvalue weighted by Gasteiger charge is -2.46. The fourth-order valence-corrected chi connectivity index (χ4v) is 7.04. The van der Waals surface area contributed by atoms with Gasteiger partial charge in [-0.1, -0.05) is 44.4 Å². The molecule has 0 aromatic carbocycles. The summed E-state index contributed by atoms with van der Waals surface area (Å²) in [5, 5.41) is 19.4. The number of nitrogens with two attached hydrogens (primary N) is 1. The van der Waals surface area contributed by atoms with E-state index in [9.17, 15) is 19.8 Å². The van der Waals surface area contributed by atoms with Crippen molar-refractivity contribution >= 4 is 11.8 Å². The van der Waals surface area contributed by atoms with Crippen molar-refractivity contribution in [2.45, 2.75) is 89.3 Å². The van der Waals surface area contributed by atoms with E-state index >= 15 is 0 Å². The van der Waals surface area contributed by atoms with E-state index in [1.807, 2.05) is 17.1 Å². The number of carbonyl (C=O) groups excluding carboxylic acids is 2. The summed E-state index contributed by atoms with van der Waals surface area (Å²) in [5.74, 6) is 0.359. The predicted molar refractivity (Wildman–Crippen MR) is 132 cm³/mol. The maximum absolute atomic E-state index is 12.8. The molecular formula is C27H43N3O4. The Hall–Kier alpha value is -1.70. The molecule has 7 nitrogen and oxygen atoms in total. The van der Waals surface area contributed by atoms with E-state index in [0.717, 1.165) is 37.8 Å². The summed E-state index contributed by atoms with van der Waals surface area (Å²) in [6.45, 7) is 3.85. The van der Waals surface area contributed by atoms with E-state index in [0.29, 0.717) is 43.4 Å². The lowest BCUT2D eigenvalue weighted by Crippen LogP contribution is -2.51. The molecule has 3 fully saturated rings. The van der Waals surface area contributed by atoms with Crippen LogP contribution in [0.2, 0.25) is 0 Å². The lowest BCUT2D eigenvalue weighted by atomic mass is 9.65. The summed E-state index contributed by atoms with van der Waals surface area (Å²) in [6, 6.07) is 0.984. The number of aliphatic hydroxyl groups is 2. The Kier molecular flexibility index (Phi) is 8.16. The first-order valence-corrected chi connectivity index (χ1v) is 13.3. The van der Waals surface area contributed by atoms with E-state index in [1.54, 1.807) is 0 Å². The average molecular weight is 474 g/mol. The Labute approximate surface area is 204 Å². The summed E-state index contributed by atoms with van der Waals surface area (Å²) in [5.41, 5.74) is 6.26. The van der Waals surface area contributed by atoms with Gasteiger partial charge < -0.3 is 20.8 Å². The summed E-state index contributed by atoms with van der Waals surface area (Å²) >= 11 is 0. The van der Waals surface area contributed by atoms with Crippen LogP contribution >= 0.6 is 0 Å². The average Bonchev–Trinajstić information content (AvgIpc) is 3.07. The van der Waals surface area contributed by atoms with Crippen molar-refractivity contribution in [2.75, 3.05) is 26.2 Å². The van der Waals surface area contributed by atoms with E-state index in [1.165, 1.54) is 32.1 Å². The number of aliphatic hydroxyl groups excluding tert-OH is 2. The monoisotopic (exact) mass is 473 g/mol. The highest BCUT2D eigenvalue weighted by Gasteiger charge is 2.46. The van der Waals surface area contributed by atoms with E-state index in [-0.39, 0.29) is 17.2 Å². The number of hydrogen-bond donors (Lipinski definition) is 3. The van der Waals surface area contributed by atoms with Crippen molar-refractivity contribution in [3.63, 3.8) is 0 Å². The first kappa shape index (κ1) is 25.4. The quantitative estimate of drug-likeness (QED) is 0.477. The van der Waals surface area contributed by atoms with Crippen molar-refractivity contribution < 1.29 is 19.8 Å². The number of piperidine rings is 1. The molecule has 5 atom stereocenters. The van der Waals surface area contributed by atoms with Crippen LogP contribution in [0, 0.1) is 17.3 Å². The molecule has 0 aromatic rings. The van der Waals surface area contributed by atoms with Gasteiger partial charge in [0.25, 0.3) is 5.91 Å². The number of primary amides is 1. The standard InChI is InChI=1S/C27H43N3O4/c1-27(11-5-8-20(16-27)25(28)33)21-14-22-9-10-23(15-21)30(22)13-12-29(26(34)24(32)18-31)17-19-6-3-2-4-7-19/h5,8,11,19,21-24,31-32H,2-4,6-7,9-10,12-18H2,1H3,(H2,28,33)/t21?,22-,23+,24-,27?/m0/s1. The van der Waals surface area contributed by atoms with Gasteiger partial charge in [-0.25, -0.2) is 0 Å². The molecule has 4 N–H and O–H groups in total.